The van der Waals surface area contributed by atoms with Crippen LogP contribution in [0.5, 0.6) is 5.75 Å². The van der Waals surface area contributed by atoms with Crippen LogP contribution >= 0.6 is 11.8 Å². The largest absolute Gasteiger partial charge is 0.488 e. The summed E-state index contributed by atoms with van der Waals surface area (Å²) in [5, 5.41) is 3.14. The van der Waals surface area contributed by atoms with E-state index in [-0.39, 0.29) is 18.2 Å². The Labute approximate surface area is 203 Å². The molecule has 0 aliphatic carbocycles. The van der Waals surface area contributed by atoms with E-state index in [0.29, 0.717) is 17.1 Å². The minimum absolute atomic E-state index is 0.0625. The zero-order chi connectivity index (χ0) is 24.8. The van der Waals surface area contributed by atoms with Gasteiger partial charge in [0.25, 0.3) is 0 Å². The molecule has 4 aromatic rings. The second-order valence-electron chi connectivity index (χ2n) is 7.51. The number of alkyl halides is 3. The summed E-state index contributed by atoms with van der Waals surface area (Å²) in [6.07, 6.45) is -1.06. The van der Waals surface area contributed by atoms with E-state index in [1.54, 1.807) is 11.8 Å². The normalized spacial score (nSPS) is 11.3. The number of halogens is 4. The summed E-state index contributed by atoms with van der Waals surface area (Å²) < 4.78 is 58.1. The molecule has 0 bridgehead atoms. The summed E-state index contributed by atoms with van der Waals surface area (Å²) in [6, 6.07) is 16.4. The number of nitrogens with one attached hydrogen (secondary N) is 1. The molecule has 0 saturated carbocycles. The number of rotatable bonds is 8. The summed E-state index contributed by atoms with van der Waals surface area (Å²) >= 11 is 1.71. The van der Waals surface area contributed by atoms with Crippen molar-refractivity contribution in [1.29, 1.82) is 0 Å². The monoisotopic (exact) mass is 500 g/mol. The van der Waals surface area contributed by atoms with E-state index in [1.165, 1.54) is 36.7 Å². The lowest BCUT2D eigenvalue weighted by Gasteiger charge is -2.13. The fourth-order valence-electron chi connectivity index (χ4n) is 3.27. The summed E-state index contributed by atoms with van der Waals surface area (Å²) in [6.45, 7) is -0.0625. The number of hydrogen-bond acceptors (Lipinski definition) is 6. The molecule has 0 aliphatic heterocycles. The highest BCUT2D eigenvalue weighted by Gasteiger charge is 2.29. The highest BCUT2D eigenvalue weighted by atomic mass is 32.2. The number of benzene rings is 3. The third-order valence-electron chi connectivity index (χ3n) is 4.93. The minimum atomic E-state index is -4.42. The van der Waals surface area contributed by atoms with Crippen LogP contribution in [0.25, 0.3) is 11.4 Å². The molecule has 0 atom stereocenters. The van der Waals surface area contributed by atoms with Crippen LogP contribution in [0.3, 0.4) is 0 Å². The van der Waals surface area contributed by atoms with Crippen molar-refractivity contribution in [2.24, 2.45) is 0 Å². The highest BCUT2D eigenvalue weighted by molar-refractivity contribution is 7.97. The third kappa shape index (κ3) is 6.48. The van der Waals surface area contributed by atoms with E-state index >= 15 is 0 Å². The van der Waals surface area contributed by atoms with Crippen LogP contribution in [0.4, 0.5) is 29.2 Å². The zero-order valence-electron chi connectivity index (χ0n) is 18.5. The fraction of sp³-hybridized carbons (Fsp3) is 0.160. The van der Waals surface area contributed by atoms with Gasteiger partial charge in [0.15, 0.2) is 5.82 Å². The van der Waals surface area contributed by atoms with Crippen molar-refractivity contribution in [2.75, 3.05) is 11.6 Å². The first-order valence-corrected chi connectivity index (χ1v) is 11.8. The van der Waals surface area contributed by atoms with Gasteiger partial charge in [0, 0.05) is 17.5 Å². The lowest BCUT2D eigenvalue weighted by molar-refractivity contribution is -0.137. The number of ether oxygens (including phenoxy) is 1. The molecule has 10 heteroatoms. The van der Waals surface area contributed by atoms with Gasteiger partial charge in [0.05, 0.1) is 11.1 Å². The van der Waals surface area contributed by atoms with Crippen LogP contribution in [0.2, 0.25) is 0 Å². The molecule has 5 nitrogen and oxygen atoms in total. The predicted molar refractivity (Wildman–Crippen MR) is 128 cm³/mol. The number of thioether (sulfide) groups is 1. The van der Waals surface area contributed by atoms with Gasteiger partial charge in [-0.1, -0.05) is 24.3 Å². The van der Waals surface area contributed by atoms with E-state index in [1.807, 2.05) is 30.5 Å². The van der Waals surface area contributed by atoms with Crippen molar-refractivity contribution in [3.63, 3.8) is 0 Å². The van der Waals surface area contributed by atoms with Crippen molar-refractivity contribution in [2.45, 2.75) is 18.5 Å². The Morgan fingerprint density at radius 3 is 2.49 bits per heavy atom. The second-order valence-corrected chi connectivity index (χ2v) is 8.38. The molecule has 0 saturated heterocycles. The van der Waals surface area contributed by atoms with E-state index < -0.39 is 17.6 Å². The van der Waals surface area contributed by atoms with Crippen LogP contribution < -0.4 is 10.1 Å². The summed E-state index contributed by atoms with van der Waals surface area (Å²) in [7, 11) is 0. The molecule has 0 amide bonds. The summed E-state index contributed by atoms with van der Waals surface area (Å²) in [5.41, 5.74) is 2.12. The zero-order valence-corrected chi connectivity index (χ0v) is 19.3. The molecule has 1 aromatic heterocycles. The van der Waals surface area contributed by atoms with Gasteiger partial charge in [-0.3, -0.25) is 0 Å². The van der Waals surface area contributed by atoms with Gasteiger partial charge in [-0.25, -0.2) is 14.4 Å². The molecule has 180 valence electrons. The van der Waals surface area contributed by atoms with Crippen molar-refractivity contribution >= 4 is 23.4 Å². The Bertz CT molecular complexity index is 1300. The molecule has 0 fully saturated rings. The number of hydrogen-bond donors (Lipinski definition) is 1. The smallest absolute Gasteiger partial charge is 0.416 e. The molecule has 0 unspecified atom stereocenters. The van der Waals surface area contributed by atoms with Gasteiger partial charge in [-0.05, 0) is 53.8 Å². The first-order chi connectivity index (χ1) is 16.8. The van der Waals surface area contributed by atoms with Crippen molar-refractivity contribution in [3.05, 3.63) is 95.6 Å². The molecule has 1 heterocycles. The van der Waals surface area contributed by atoms with Crippen LogP contribution in [-0.4, -0.2) is 21.2 Å². The van der Waals surface area contributed by atoms with E-state index in [0.717, 1.165) is 29.1 Å². The molecule has 0 spiro atoms. The molecule has 35 heavy (non-hydrogen) atoms. The van der Waals surface area contributed by atoms with E-state index in [4.69, 9.17) is 4.74 Å². The Balaban J connectivity index is 1.54. The quantitative estimate of drug-likeness (QED) is 0.266. The van der Waals surface area contributed by atoms with Crippen molar-refractivity contribution < 1.29 is 22.3 Å². The first-order valence-electron chi connectivity index (χ1n) is 10.4. The lowest BCUT2D eigenvalue weighted by atomic mass is 10.1. The first kappa shape index (κ1) is 24.5. The fourth-order valence-corrected chi connectivity index (χ4v) is 3.79. The summed E-state index contributed by atoms with van der Waals surface area (Å²) in [5.74, 6) is 1.05. The van der Waals surface area contributed by atoms with Gasteiger partial charge in [-0.2, -0.15) is 29.9 Å². The SMILES string of the molecule is CSCc1cccc(Nc2ncnc(-c3ccc(F)cc3OCc3ccc(C(F)(F)F)cc3)n2)c1. The third-order valence-corrected chi connectivity index (χ3v) is 5.55. The number of anilines is 2. The molecule has 0 aliphatic rings. The van der Waals surface area contributed by atoms with E-state index in [2.05, 4.69) is 20.3 Å². The maximum atomic E-state index is 14.0. The average Bonchev–Trinajstić information content (AvgIpc) is 2.83. The molecular formula is C25H20F4N4OS. The Morgan fingerprint density at radius 1 is 0.943 bits per heavy atom. The molecule has 1 N–H and O–H groups in total. The number of nitrogens with zero attached hydrogens (tertiary/aromatic N) is 3. The summed E-state index contributed by atoms with van der Waals surface area (Å²) in [4.78, 5) is 12.8. The van der Waals surface area contributed by atoms with Gasteiger partial charge in [0.1, 0.15) is 24.5 Å². The lowest BCUT2D eigenvalue weighted by Crippen LogP contribution is -2.05. The van der Waals surface area contributed by atoms with Crippen molar-refractivity contribution in [1.82, 2.24) is 15.0 Å². The van der Waals surface area contributed by atoms with Gasteiger partial charge >= 0.3 is 6.18 Å². The van der Waals surface area contributed by atoms with Gasteiger partial charge in [0.2, 0.25) is 5.95 Å². The topological polar surface area (TPSA) is 59.9 Å². The van der Waals surface area contributed by atoms with Crippen LogP contribution in [-0.2, 0) is 18.5 Å². The predicted octanol–water partition coefficient (Wildman–Crippen LogP) is 6.88. The Morgan fingerprint density at radius 2 is 1.74 bits per heavy atom. The molecule has 3 aromatic carbocycles. The molecule has 4 rings (SSSR count). The van der Waals surface area contributed by atoms with Gasteiger partial charge in [-0.15, -0.1) is 0 Å². The van der Waals surface area contributed by atoms with E-state index in [9.17, 15) is 17.6 Å². The number of aromatic nitrogens is 3. The minimum Gasteiger partial charge on any atom is -0.488 e. The van der Waals surface area contributed by atoms with Gasteiger partial charge < -0.3 is 10.1 Å². The molecule has 0 radical (unpaired) electrons. The van der Waals surface area contributed by atoms with Crippen LogP contribution in [0.15, 0.2) is 73.1 Å². The maximum absolute atomic E-state index is 14.0. The van der Waals surface area contributed by atoms with Crippen LogP contribution in [0, 0.1) is 5.82 Å². The molecular weight excluding hydrogens is 480 g/mol. The standard InChI is InChI=1S/C25H20F4N4OS/c1-35-14-17-3-2-4-20(11-17)32-24-31-15-30-23(33-24)21-10-9-19(26)12-22(21)34-13-16-5-7-18(8-6-16)25(27,28)29/h2-12,15H,13-14H2,1H3,(H,30,31,32,33). The Hall–Kier alpha value is -3.66. The van der Waals surface area contributed by atoms with Crippen molar-refractivity contribution in [3.8, 4) is 17.1 Å². The highest BCUT2D eigenvalue weighted by Crippen LogP contribution is 2.31. The Kier molecular flexibility index (Phi) is 7.50. The maximum Gasteiger partial charge on any atom is 0.416 e. The second kappa shape index (κ2) is 10.7. The average molecular weight is 501 g/mol. The van der Waals surface area contributed by atoms with Crippen LogP contribution in [0.1, 0.15) is 16.7 Å².